The average molecular weight is 244 g/mol. The monoisotopic (exact) mass is 244 g/mol. The van der Waals surface area contributed by atoms with Crippen molar-refractivity contribution in [2.24, 2.45) is 5.73 Å². The van der Waals surface area contributed by atoms with Crippen LogP contribution in [0.1, 0.15) is 18.4 Å². The highest BCUT2D eigenvalue weighted by Gasteiger charge is 2.51. The zero-order valence-electron chi connectivity index (χ0n) is 10.1. The van der Waals surface area contributed by atoms with E-state index >= 15 is 0 Å². The van der Waals surface area contributed by atoms with Gasteiger partial charge < -0.3 is 16.0 Å². The third kappa shape index (κ3) is 1.67. The van der Waals surface area contributed by atoms with Crippen molar-refractivity contribution in [3.63, 3.8) is 0 Å². The summed E-state index contributed by atoms with van der Waals surface area (Å²) in [6.07, 6.45) is 3.48. The van der Waals surface area contributed by atoms with E-state index in [2.05, 4.69) is 15.3 Å². The minimum atomic E-state index is -0.339. The van der Waals surface area contributed by atoms with Crippen LogP contribution < -0.4 is 11.1 Å². The zero-order chi connectivity index (χ0) is 12.6. The Kier molecular flexibility index (Phi) is 2.56. The van der Waals surface area contributed by atoms with Gasteiger partial charge in [0.25, 0.3) is 0 Å². The largest absolute Gasteiger partial charge is 0.354 e. The molecule has 0 bridgehead atoms. The summed E-state index contributed by atoms with van der Waals surface area (Å²) >= 11 is 0. The highest BCUT2D eigenvalue weighted by Crippen LogP contribution is 2.48. The molecule has 1 fully saturated rings. The first kappa shape index (κ1) is 11.2. The fourth-order valence-corrected chi connectivity index (χ4v) is 2.36. The van der Waals surface area contributed by atoms with Crippen molar-refractivity contribution in [1.29, 1.82) is 0 Å². The predicted octanol–water partition coefficient (Wildman–Crippen LogP) is 0.669. The number of hydrogen-bond donors (Lipinski definition) is 3. The number of aromatic nitrogens is 2. The molecule has 0 spiro atoms. The fraction of sp³-hybridized carbons (Fsp3) is 0.385. The van der Waals surface area contributed by atoms with E-state index in [4.69, 9.17) is 5.73 Å². The van der Waals surface area contributed by atoms with Crippen LogP contribution in [0.2, 0.25) is 0 Å². The first-order valence-corrected chi connectivity index (χ1v) is 6.18. The van der Waals surface area contributed by atoms with Crippen LogP contribution in [0.3, 0.4) is 0 Å². The summed E-state index contributed by atoms with van der Waals surface area (Å²) in [4.78, 5) is 19.4. The van der Waals surface area contributed by atoms with Crippen LogP contribution in [0.4, 0.5) is 0 Å². The van der Waals surface area contributed by atoms with Gasteiger partial charge in [0, 0.05) is 13.1 Å². The minimum Gasteiger partial charge on any atom is -0.354 e. The van der Waals surface area contributed by atoms with Crippen LogP contribution in [-0.2, 0) is 10.2 Å². The number of hydrogen-bond acceptors (Lipinski definition) is 3. The molecule has 94 valence electrons. The molecule has 1 amide bonds. The molecule has 0 atom stereocenters. The molecule has 1 saturated carbocycles. The molecule has 1 aliphatic rings. The van der Waals surface area contributed by atoms with E-state index in [1.54, 1.807) is 6.33 Å². The lowest BCUT2D eigenvalue weighted by atomic mass is 9.94. The first-order valence-electron chi connectivity index (χ1n) is 6.18. The molecule has 0 saturated heterocycles. The van der Waals surface area contributed by atoms with Gasteiger partial charge in [0.15, 0.2) is 0 Å². The Labute approximate surface area is 105 Å². The molecule has 1 aromatic heterocycles. The number of imidazole rings is 1. The number of fused-ring (bicyclic) bond motifs is 1. The zero-order valence-corrected chi connectivity index (χ0v) is 10.1. The maximum Gasteiger partial charge on any atom is 0.230 e. The Bertz CT molecular complexity index is 585. The average Bonchev–Trinajstić information content (AvgIpc) is 3.07. The van der Waals surface area contributed by atoms with Crippen LogP contribution in [-0.4, -0.2) is 29.0 Å². The number of nitrogens with one attached hydrogen (secondary N) is 2. The van der Waals surface area contributed by atoms with E-state index in [1.807, 2.05) is 18.2 Å². The number of rotatable bonds is 4. The maximum atomic E-state index is 12.2. The van der Waals surface area contributed by atoms with Gasteiger partial charge in [-0.15, -0.1) is 0 Å². The number of nitrogens with zero attached hydrogens (tertiary/aromatic N) is 1. The van der Waals surface area contributed by atoms with Crippen molar-refractivity contribution < 1.29 is 4.79 Å². The molecule has 0 radical (unpaired) electrons. The van der Waals surface area contributed by atoms with E-state index in [-0.39, 0.29) is 11.3 Å². The summed E-state index contributed by atoms with van der Waals surface area (Å²) in [6.45, 7) is 1.01. The fourth-order valence-electron chi connectivity index (χ4n) is 2.36. The van der Waals surface area contributed by atoms with Gasteiger partial charge >= 0.3 is 0 Å². The number of benzene rings is 1. The van der Waals surface area contributed by atoms with Crippen molar-refractivity contribution in [3.8, 4) is 0 Å². The molecule has 3 rings (SSSR count). The maximum absolute atomic E-state index is 12.2. The Balaban J connectivity index is 1.90. The number of carbonyl (C=O) groups excluding carboxylic acids is 1. The van der Waals surface area contributed by atoms with Crippen LogP contribution >= 0.6 is 0 Å². The number of aromatic amines is 1. The predicted molar refractivity (Wildman–Crippen MR) is 69.1 cm³/mol. The third-order valence-corrected chi connectivity index (χ3v) is 3.59. The number of amides is 1. The minimum absolute atomic E-state index is 0.0896. The number of carbonyl (C=O) groups is 1. The molecule has 4 N–H and O–H groups in total. The van der Waals surface area contributed by atoms with Gasteiger partial charge in [0.2, 0.25) is 5.91 Å². The van der Waals surface area contributed by atoms with Gasteiger partial charge in [0.1, 0.15) is 0 Å². The summed E-state index contributed by atoms with van der Waals surface area (Å²) < 4.78 is 0. The SMILES string of the molecule is NCCNC(=O)C1(c2ccc3nc[nH]c3c2)CC1. The lowest BCUT2D eigenvalue weighted by Gasteiger charge is -2.15. The molecule has 1 aromatic carbocycles. The van der Waals surface area contributed by atoms with E-state index in [0.717, 1.165) is 29.4 Å². The van der Waals surface area contributed by atoms with Gasteiger partial charge in [0.05, 0.1) is 22.8 Å². The molecule has 2 aromatic rings. The highest BCUT2D eigenvalue weighted by molar-refractivity contribution is 5.92. The molecule has 0 unspecified atom stereocenters. The van der Waals surface area contributed by atoms with Gasteiger partial charge in [-0.2, -0.15) is 0 Å². The molecule has 0 aliphatic heterocycles. The summed E-state index contributed by atoms with van der Waals surface area (Å²) in [6, 6.07) is 5.98. The second kappa shape index (κ2) is 4.10. The number of nitrogens with two attached hydrogens (primary N) is 1. The van der Waals surface area contributed by atoms with Crippen molar-refractivity contribution >= 4 is 16.9 Å². The molecule has 5 nitrogen and oxygen atoms in total. The van der Waals surface area contributed by atoms with E-state index < -0.39 is 0 Å². The topological polar surface area (TPSA) is 83.8 Å². The van der Waals surface area contributed by atoms with Crippen molar-refractivity contribution in [2.45, 2.75) is 18.3 Å². The van der Waals surface area contributed by atoms with Gasteiger partial charge in [-0.1, -0.05) is 6.07 Å². The Morgan fingerprint density at radius 3 is 3.06 bits per heavy atom. The number of H-pyrrole nitrogens is 1. The Morgan fingerprint density at radius 2 is 2.33 bits per heavy atom. The second-order valence-electron chi connectivity index (χ2n) is 4.76. The molecule has 18 heavy (non-hydrogen) atoms. The van der Waals surface area contributed by atoms with Crippen LogP contribution in [0.25, 0.3) is 11.0 Å². The van der Waals surface area contributed by atoms with E-state index in [0.29, 0.717) is 13.1 Å². The normalized spacial score (nSPS) is 16.7. The van der Waals surface area contributed by atoms with Crippen molar-refractivity contribution in [2.75, 3.05) is 13.1 Å². The summed E-state index contributed by atoms with van der Waals surface area (Å²) in [7, 11) is 0. The van der Waals surface area contributed by atoms with Gasteiger partial charge in [-0.05, 0) is 30.5 Å². The lowest BCUT2D eigenvalue weighted by Crippen LogP contribution is -2.37. The lowest BCUT2D eigenvalue weighted by molar-refractivity contribution is -0.123. The van der Waals surface area contributed by atoms with Crippen molar-refractivity contribution in [3.05, 3.63) is 30.1 Å². The molecule has 5 heteroatoms. The first-order chi connectivity index (χ1) is 8.76. The second-order valence-corrected chi connectivity index (χ2v) is 4.76. The van der Waals surface area contributed by atoms with E-state index in [9.17, 15) is 4.79 Å². The molecular weight excluding hydrogens is 228 g/mol. The van der Waals surface area contributed by atoms with Crippen LogP contribution in [0, 0.1) is 0 Å². The summed E-state index contributed by atoms with van der Waals surface area (Å²) in [5.41, 5.74) is 8.04. The third-order valence-electron chi connectivity index (χ3n) is 3.59. The summed E-state index contributed by atoms with van der Waals surface area (Å²) in [5.74, 6) is 0.0896. The van der Waals surface area contributed by atoms with Crippen LogP contribution in [0.15, 0.2) is 24.5 Å². The van der Waals surface area contributed by atoms with Crippen molar-refractivity contribution in [1.82, 2.24) is 15.3 Å². The Morgan fingerprint density at radius 1 is 1.50 bits per heavy atom. The highest BCUT2D eigenvalue weighted by atomic mass is 16.2. The van der Waals surface area contributed by atoms with Gasteiger partial charge in [-0.25, -0.2) is 4.98 Å². The standard InChI is InChI=1S/C13H16N4O/c14-5-6-15-12(18)13(3-4-13)9-1-2-10-11(7-9)17-8-16-10/h1-2,7-8H,3-6,14H2,(H,15,18)(H,16,17). The smallest absolute Gasteiger partial charge is 0.230 e. The summed E-state index contributed by atoms with van der Waals surface area (Å²) in [5, 5.41) is 2.89. The quantitative estimate of drug-likeness (QED) is 0.739. The Hall–Kier alpha value is -1.88. The molecular formula is C13H16N4O. The molecule has 1 aliphatic carbocycles. The molecule has 1 heterocycles. The van der Waals surface area contributed by atoms with E-state index in [1.165, 1.54) is 0 Å². The van der Waals surface area contributed by atoms with Crippen LogP contribution in [0.5, 0.6) is 0 Å². The van der Waals surface area contributed by atoms with Gasteiger partial charge in [-0.3, -0.25) is 4.79 Å².